The molecule has 1 N–H and O–H groups in total. The van der Waals surface area contributed by atoms with Crippen LogP contribution in [0.2, 0.25) is 0 Å². The van der Waals surface area contributed by atoms with Gasteiger partial charge in [-0.2, -0.15) is 0 Å². The van der Waals surface area contributed by atoms with Crippen LogP contribution in [-0.2, 0) is 4.79 Å². The van der Waals surface area contributed by atoms with E-state index in [4.69, 9.17) is 9.97 Å². The zero-order valence-corrected chi connectivity index (χ0v) is 17.5. The van der Waals surface area contributed by atoms with Gasteiger partial charge in [0.25, 0.3) is 0 Å². The zero-order chi connectivity index (χ0) is 20.2. The minimum atomic E-state index is 0.0885. The molecule has 152 valence electrons. The van der Waals surface area contributed by atoms with E-state index in [1.54, 1.807) is 23.7 Å². The van der Waals surface area contributed by atoms with Gasteiger partial charge in [0.2, 0.25) is 5.91 Å². The van der Waals surface area contributed by atoms with Gasteiger partial charge in [-0.25, -0.2) is 19.9 Å². The lowest BCUT2D eigenvalue weighted by molar-refractivity contribution is -0.125. The van der Waals surface area contributed by atoms with Crippen molar-refractivity contribution >= 4 is 32.7 Å². The summed E-state index contributed by atoms with van der Waals surface area (Å²) in [6.07, 6.45) is 6.74. The molecule has 3 aromatic rings. The maximum atomic E-state index is 12.4. The monoisotopic (exact) mass is 411 g/mol. The Labute approximate surface area is 174 Å². The predicted octanol–water partition coefficient (Wildman–Crippen LogP) is 2.04. The topological polar surface area (TPSA) is 87.1 Å². The Morgan fingerprint density at radius 3 is 2.69 bits per heavy atom. The third-order valence-corrected chi connectivity index (χ3v) is 6.12. The molecule has 29 heavy (non-hydrogen) atoms. The molecule has 1 aliphatic heterocycles. The van der Waals surface area contributed by atoms with E-state index >= 15 is 0 Å². The number of nitrogens with zero attached hydrogens (tertiary/aromatic N) is 6. The van der Waals surface area contributed by atoms with Crippen molar-refractivity contribution in [2.24, 2.45) is 5.92 Å². The Bertz CT molecular complexity index is 967. The number of aromatic nitrogens is 4. The van der Waals surface area contributed by atoms with Crippen LogP contribution in [0.25, 0.3) is 21.6 Å². The van der Waals surface area contributed by atoms with Crippen LogP contribution in [0.1, 0.15) is 12.8 Å². The SMILES string of the molecule is CN(C)CCNC(=O)C1CCN(c2nc3ccc(-c4cncnc4)nc3s2)CC1. The summed E-state index contributed by atoms with van der Waals surface area (Å²) in [5.41, 5.74) is 2.64. The lowest BCUT2D eigenvalue weighted by Crippen LogP contribution is -2.42. The number of hydrogen-bond donors (Lipinski definition) is 1. The molecule has 3 aromatic heterocycles. The summed E-state index contributed by atoms with van der Waals surface area (Å²) < 4.78 is 0. The van der Waals surface area contributed by atoms with Gasteiger partial charge in [0.15, 0.2) is 5.13 Å². The van der Waals surface area contributed by atoms with Crippen molar-refractivity contribution in [1.82, 2.24) is 30.2 Å². The number of likely N-dealkylation sites (N-methyl/N-ethyl adjacent to an activating group) is 1. The molecule has 1 fully saturated rings. The zero-order valence-electron chi connectivity index (χ0n) is 16.7. The number of carbonyl (C=O) groups excluding carboxylic acids is 1. The fraction of sp³-hybridized carbons (Fsp3) is 0.450. The number of pyridine rings is 1. The van der Waals surface area contributed by atoms with E-state index in [2.05, 4.69) is 25.1 Å². The van der Waals surface area contributed by atoms with Gasteiger partial charge in [-0.1, -0.05) is 11.3 Å². The van der Waals surface area contributed by atoms with E-state index in [0.29, 0.717) is 6.54 Å². The number of anilines is 1. The Balaban J connectivity index is 1.39. The van der Waals surface area contributed by atoms with Gasteiger partial charge in [0.1, 0.15) is 16.7 Å². The summed E-state index contributed by atoms with van der Waals surface area (Å²) in [6, 6.07) is 3.95. The van der Waals surface area contributed by atoms with Gasteiger partial charge in [-0.15, -0.1) is 0 Å². The molecule has 0 bridgehead atoms. The quantitative estimate of drug-likeness (QED) is 0.664. The number of rotatable bonds is 6. The molecule has 1 saturated heterocycles. The molecule has 4 rings (SSSR count). The Morgan fingerprint density at radius 1 is 1.21 bits per heavy atom. The number of thiazole rings is 1. The summed E-state index contributed by atoms with van der Waals surface area (Å²) in [4.78, 5) is 35.2. The Hall–Kier alpha value is -2.65. The third kappa shape index (κ3) is 4.68. The summed E-state index contributed by atoms with van der Waals surface area (Å²) in [5.74, 6) is 0.262. The van der Waals surface area contributed by atoms with Crippen LogP contribution in [0.4, 0.5) is 5.13 Å². The molecular weight excluding hydrogens is 386 g/mol. The van der Waals surface area contributed by atoms with Crippen LogP contribution in [-0.4, -0.2) is 71.0 Å². The van der Waals surface area contributed by atoms with Crippen LogP contribution < -0.4 is 10.2 Å². The Kier molecular flexibility index (Phi) is 5.96. The molecule has 0 radical (unpaired) electrons. The molecular formula is C20H25N7OS. The number of hydrogen-bond acceptors (Lipinski definition) is 8. The fourth-order valence-corrected chi connectivity index (χ4v) is 4.40. The molecule has 0 spiro atoms. The normalized spacial score (nSPS) is 15.2. The second-order valence-corrected chi connectivity index (χ2v) is 8.46. The summed E-state index contributed by atoms with van der Waals surface area (Å²) >= 11 is 1.60. The number of carbonyl (C=O) groups is 1. The van der Waals surface area contributed by atoms with E-state index in [0.717, 1.165) is 59.2 Å². The molecule has 0 aliphatic carbocycles. The van der Waals surface area contributed by atoms with Gasteiger partial charge in [-0.3, -0.25) is 4.79 Å². The highest BCUT2D eigenvalue weighted by atomic mass is 32.1. The van der Waals surface area contributed by atoms with Gasteiger partial charge >= 0.3 is 0 Å². The predicted molar refractivity (Wildman–Crippen MR) is 115 cm³/mol. The van der Waals surface area contributed by atoms with Crippen molar-refractivity contribution in [3.8, 4) is 11.3 Å². The molecule has 4 heterocycles. The van der Waals surface area contributed by atoms with Crippen molar-refractivity contribution in [1.29, 1.82) is 0 Å². The van der Waals surface area contributed by atoms with Gasteiger partial charge in [-0.05, 0) is 39.1 Å². The lowest BCUT2D eigenvalue weighted by atomic mass is 9.96. The molecule has 9 heteroatoms. The van der Waals surface area contributed by atoms with E-state index in [9.17, 15) is 4.79 Å². The molecule has 0 unspecified atom stereocenters. The number of fused-ring (bicyclic) bond motifs is 1. The van der Waals surface area contributed by atoms with Crippen LogP contribution in [0.3, 0.4) is 0 Å². The first kappa shape index (κ1) is 19.7. The highest BCUT2D eigenvalue weighted by Gasteiger charge is 2.26. The fourth-order valence-electron chi connectivity index (χ4n) is 3.41. The van der Waals surface area contributed by atoms with Crippen LogP contribution in [0, 0.1) is 5.92 Å². The molecule has 8 nitrogen and oxygen atoms in total. The minimum absolute atomic E-state index is 0.0885. The van der Waals surface area contributed by atoms with Gasteiger partial charge < -0.3 is 15.1 Å². The second-order valence-electron chi connectivity index (χ2n) is 7.50. The van der Waals surface area contributed by atoms with Crippen molar-refractivity contribution in [3.63, 3.8) is 0 Å². The van der Waals surface area contributed by atoms with Crippen LogP contribution in [0.5, 0.6) is 0 Å². The number of piperidine rings is 1. The number of amides is 1. The third-order valence-electron chi connectivity index (χ3n) is 5.10. The average Bonchev–Trinajstić information content (AvgIpc) is 3.17. The van der Waals surface area contributed by atoms with Gasteiger partial charge in [0, 0.05) is 50.1 Å². The lowest BCUT2D eigenvalue weighted by Gasteiger charge is -2.31. The highest BCUT2D eigenvalue weighted by Crippen LogP contribution is 2.32. The maximum Gasteiger partial charge on any atom is 0.223 e. The van der Waals surface area contributed by atoms with Crippen molar-refractivity contribution in [3.05, 3.63) is 30.9 Å². The molecule has 0 saturated carbocycles. The largest absolute Gasteiger partial charge is 0.355 e. The smallest absolute Gasteiger partial charge is 0.223 e. The Morgan fingerprint density at radius 2 is 1.97 bits per heavy atom. The number of nitrogens with one attached hydrogen (secondary N) is 1. The molecule has 1 aliphatic rings. The van der Waals surface area contributed by atoms with E-state index in [-0.39, 0.29) is 11.8 Å². The summed E-state index contributed by atoms with van der Waals surface area (Å²) in [5, 5.41) is 4.02. The van der Waals surface area contributed by atoms with Crippen molar-refractivity contribution in [2.75, 3.05) is 45.2 Å². The summed E-state index contributed by atoms with van der Waals surface area (Å²) in [7, 11) is 4.02. The highest BCUT2D eigenvalue weighted by molar-refractivity contribution is 7.21. The molecule has 0 aromatic carbocycles. The molecule has 1 amide bonds. The van der Waals surface area contributed by atoms with Crippen LogP contribution in [0.15, 0.2) is 30.9 Å². The van der Waals surface area contributed by atoms with E-state index < -0.39 is 0 Å². The first-order chi connectivity index (χ1) is 14.1. The second kappa shape index (κ2) is 8.79. The van der Waals surface area contributed by atoms with Gasteiger partial charge in [0.05, 0.1) is 5.69 Å². The van der Waals surface area contributed by atoms with Crippen molar-refractivity contribution in [2.45, 2.75) is 12.8 Å². The van der Waals surface area contributed by atoms with Crippen LogP contribution >= 0.6 is 11.3 Å². The average molecular weight is 412 g/mol. The first-order valence-corrected chi connectivity index (χ1v) is 10.6. The van der Waals surface area contributed by atoms with Crippen molar-refractivity contribution < 1.29 is 4.79 Å². The van der Waals surface area contributed by atoms with E-state index in [1.165, 1.54) is 6.33 Å². The molecule has 0 atom stereocenters. The first-order valence-electron chi connectivity index (χ1n) is 9.80. The van der Waals surface area contributed by atoms with E-state index in [1.807, 2.05) is 26.2 Å². The maximum absolute atomic E-state index is 12.4. The standard InChI is InChI=1S/C20H25N7OS/c1-26(2)10-7-23-18(28)14-5-8-27(9-6-14)20-25-17-4-3-16(24-19(17)29-20)15-11-21-13-22-12-15/h3-4,11-14H,5-10H2,1-2H3,(H,23,28). The summed E-state index contributed by atoms with van der Waals surface area (Å²) in [6.45, 7) is 3.24. The minimum Gasteiger partial charge on any atom is -0.355 e.